The van der Waals surface area contributed by atoms with Crippen LogP contribution in [0.1, 0.15) is 34.7 Å². The molecule has 0 saturated carbocycles. The van der Waals surface area contributed by atoms with Crippen molar-refractivity contribution in [3.05, 3.63) is 64.8 Å². The van der Waals surface area contributed by atoms with E-state index in [1.165, 1.54) is 0 Å². The quantitative estimate of drug-likeness (QED) is 0.614. The molecule has 1 aliphatic heterocycles. The summed E-state index contributed by atoms with van der Waals surface area (Å²) in [5.41, 5.74) is 4.78. The van der Waals surface area contributed by atoms with E-state index in [0.29, 0.717) is 18.6 Å². The van der Waals surface area contributed by atoms with Gasteiger partial charge in [-0.15, -0.1) is 0 Å². The van der Waals surface area contributed by atoms with Crippen LogP contribution in [0.2, 0.25) is 0 Å². The second-order valence-electron chi connectivity index (χ2n) is 7.17. The van der Waals surface area contributed by atoms with Crippen LogP contribution in [0.3, 0.4) is 0 Å². The van der Waals surface area contributed by atoms with E-state index in [0.717, 1.165) is 39.8 Å². The number of aryl methyl sites for hydroxylation is 2. The van der Waals surface area contributed by atoms with Crippen LogP contribution >= 0.6 is 0 Å². The van der Waals surface area contributed by atoms with Crippen LogP contribution in [-0.2, 0) is 22.4 Å². The van der Waals surface area contributed by atoms with Gasteiger partial charge in [0.2, 0.25) is 5.91 Å². The molecule has 2 aromatic carbocycles. The van der Waals surface area contributed by atoms with E-state index >= 15 is 0 Å². The van der Waals surface area contributed by atoms with Crippen LogP contribution in [0.25, 0.3) is 10.9 Å². The van der Waals surface area contributed by atoms with Gasteiger partial charge in [-0.05, 0) is 54.3 Å². The van der Waals surface area contributed by atoms with Crippen molar-refractivity contribution in [2.45, 2.75) is 32.2 Å². The SMILES string of the molecule is Cc1ccc2[nH]cc(CCC(=O)NC(C(=O)O)c3ccc4c(c3)CCO4)c2c1. The normalized spacial score (nSPS) is 13.8. The van der Waals surface area contributed by atoms with Gasteiger partial charge in [0.1, 0.15) is 5.75 Å². The minimum atomic E-state index is -1.07. The fourth-order valence-electron chi connectivity index (χ4n) is 3.65. The summed E-state index contributed by atoms with van der Waals surface area (Å²) in [5.74, 6) is -0.574. The Balaban J connectivity index is 1.45. The minimum absolute atomic E-state index is 0.221. The van der Waals surface area contributed by atoms with Crippen molar-refractivity contribution in [3.8, 4) is 5.75 Å². The summed E-state index contributed by atoms with van der Waals surface area (Å²) in [6.45, 7) is 2.63. The molecule has 6 nitrogen and oxygen atoms in total. The number of carbonyl (C=O) groups is 2. The number of benzene rings is 2. The molecule has 0 spiro atoms. The van der Waals surface area contributed by atoms with E-state index in [2.05, 4.69) is 16.4 Å². The molecular formula is C22H22N2O4. The fourth-order valence-corrected chi connectivity index (χ4v) is 3.65. The number of aromatic amines is 1. The number of amides is 1. The van der Waals surface area contributed by atoms with Gasteiger partial charge in [0, 0.05) is 29.9 Å². The first kappa shape index (κ1) is 18.1. The Morgan fingerprint density at radius 1 is 1.25 bits per heavy atom. The smallest absolute Gasteiger partial charge is 0.330 e. The van der Waals surface area contributed by atoms with Gasteiger partial charge in [-0.3, -0.25) is 4.79 Å². The van der Waals surface area contributed by atoms with Crippen LogP contribution in [0.4, 0.5) is 0 Å². The third-order valence-electron chi connectivity index (χ3n) is 5.14. The molecule has 3 aromatic rings. The lowest BCUT2D eigenvalue weighted by Gasteiger charge is -2.16. The second-order valence-corrected chi connectivity index (χ2v) is 7.17. The lowest BCUT2D eigenvalue weighted by molar-refractivity contribution is -0.142. The largest absolute Gasteiger partial charge is 0.493 e. The molecule has 28 heavy (non-hydrogen) atoms. The van der Waals surface area contributed by atoms with Gasteiger partial charge in [-0.1, -0.05) is 17.7 Å². The standard InChI is InChI=1S/C22H22N2O4/c1-13-2-5-18-17(10-13)16(12-23-18)4-7-20(25)24-21(22(26)27)15-3-6-19-14(11-15)8-9-28-19/h2-3,5-6,10-12,21,23H,4,7-9H2,1H3,(H,24,25)(H,26,27). The summed E-state index contributed by atoms with van der Waals surface area (Å²) in [7, 11) is 0. The third-order valence-corrected chi connectivity index (χ3v) is 5.14. The molecule has 1 amide bonds. The number of H-pyrrole nitrogens is 1. The van der Waals surface area contributed by atoms with E-state index in [-0.39, 0.29) is 12.3 Å². The van der Waals surface area contributed by atoms with Crippen LogP contribution in [-0.4, -0.2) is 28.6 Å². The van der Waals surface area contributed by atoms with Gasteiger partial charge >= 0.3 is 5.97 Å². The summed E-state index contributed by atoms with van der Waals surface area (Å²) >= 11 is 0. The molecule has 1 unspecified atom stereocenters. The lowest BCUT2D eigenvalue weighted by atomic mass is 10.0. The molecule has 1 aromatic heterocycles. The molecular weight excluding hydrogens is 356 g/mol. The van der Waals surface area contributed by atoms with Crippen LogP contribution in [0, 0.1) is 6.92 Å². The maximum absolute atomic E-state index is 12.5. The Morgan fingerprint density at radius 2 is 2.11 bits per heavy atom. The van der Waals surface area contributed by atoms with Gasteiger partial charge in [0.15, 0.2) is 6.04 Å². The van der Waals surface area contributed by atoms with Gasteiger partial charge in [-0.2, -0.15) is 0 Å². The maximum Gasteiger partial charge on any atom is 0.330 e. The topological polar surface area (TPSA) is 91.4 Å². The number of fused-ring (bicyclic) bond motifs is 2. The highest BCUT2D eigenvalue weighted by Gasteiger charge is 2.24. The average molecular weight is 378 g/mol. The molecule has 1 aliphatic rings. The van der Waals surface area contributed by atoms with E-state index in [1.807, 2.05) is 31.3 Å². The number of hydrogen-bond acceptors (Lipinski definition) is 3. The Hall–Kier alpha value is -3.28. The van der Waals surface area contributed by atoms with Crippen molar-refractivity contribution >= 4 is 22.8 Å². The molecule has 0 saturated heterocycles. The molecule has 0 fully saturated rings. The molecule has 0 aliphatic carbocycles. The molecule has 0 radical (unpaired) electrons. The van der Waals surface area contributed by atoms with Gasteiger partial charge in [-0.25, -0.2) is 4.79 Å². The van der Waals surface area contributed by atoms with Crippen molar-refractivity contribution in [1.82, 2.24) is 10.3 Å². The number of rotatable bonds is 6. The van der Waals surface area contributed by atoms with E-state index in [1.54, 1.807) is 12.1 Å². The highest BCUT2D eigenvalue weighted by Crippen LogP contribution is 2.28. The number of carbonyl (C=O) groups excluding carboxylic acids is 1. The van der Waals surface area contributed by atoms with E-state index in [4.69, 9.17) is 4.74 Å². The Morgan fingerprint density at radius 3 is 2.93 bits per heavy atom. The Kier molecular flexibility index (Phi) is 4.77. The van der Waals surface area contributed by atoms with E-state index in [9.17, 15) is 14.7 Å². The molecule has 1 atom stereocenters. The molecule has 144 valence electrons. The highest BCUT2D eigenvalue weighted by atomic mass is 16.5. The molecule has 0 bridgehead atoms. The molecule has 4 rings (SSSR count). The zero-order valence-corrected chi connectivity index (χ0v) is 15.6. The van der Waals surface area contributed by atoms with Crippen molar-refractivity contribution in [2.75, 3.05) is 6.61 Å². The molecule has 2 heterocycles. The van der Waals surface area contributed by atoms with E-state index < -0.39 is 12.0 Å². The van der Waals surface area contributed by atoms with Crippen molar-refractivity contribution in [2.24, 2.45) is 0 Å². The first-order valence-electron chi connectivity index (χ1n) is 9.35. The highest BCUT2D eigenvalue weighted by molar-refractivity contribution is 5.87. The molecule has 3 N–H and O–H groups in total. The molecule has 6 heteroatoms. The maximum atomic E-state index is 12.5. The number of carboxylic acids is 1. The third kappa shape index (κ3) is 3.58. The zero-order valence-electron chi connectivity index (χ0n) is 15.6. The number of aromatic nitrogens is 1. The van der Waals surface area contributed by atoms with Crippen molar-refractivity contribution < 1.29 is 19.4 Å². The van der Waals surface area contributed by atoms with Crippen LogP contribution in [0.15, 0.2) is 42.6 Å². The second kappa shape index (κ2) is 7.38. The number of hydrogen-bond donors (Lipinski definition) is 3. The Labute approximate surface area is 162 Å². The average Bonchev–Trinajstić information content (AvgIpc) is 3.30. The summed E-state index contributed by atoms with van der Waals surface area (Å²) in [6.07, 6.45) is 3.42. The summed E-state index contributed by atoms with van der Waals surface area (Å²) in [6, 6.07) is 10.4. The van der Waals surface area contributed by atoms with Crippen LogP contribution < -0.4 is 10.1 Å². The summed E-state index contributed by atoms with van der Waals surface area (Å²) in [4.78, 5) is 27.4. The van der Waals surface area contributed by atoms with Gasteiger partial charge in [0.05, 0.1) is 6.61 Å². The van der Waals surface area contributed by atoms with Gasteiger partial charge < -0.3 is 20.1 Å². The zero-order chi connectivity index (χ0) is 19.7. The number of ether oxygens (including phenoxy) is 1. The predicted octanol–water partition coefficient (Wildman–Crippen LogP) is 3.29. The first-order valence-corrected chi connectivity index (χ1v) is 9.35. The predicted molar refractivity (Wildman–Crippen MR) is 106 cm³/mol. The monoisotopic (exact) mass is 378 g/mol. The first-order chi connectivity index (χ1) is 13.5. The number of aliphatic carboxylic acids is 1. The van der Waals surface area contributed by atoms with Gasteiger partial charge in [0.25, 0.3) is 0 Å². The fraction of sp³-hybridized carbons (Fsp3) is 0.273. The minimum Gasteiger partial charge on any atom is -0.493 e. The Bertz CT molecular complexity index is 1050. The van der Waals surface area contributed by atoms with Crippen LogP contribution in [0.5, 0.6) is 5.75 Å². The number of carboxylic acid groups (broad SMARTS) is 1. The van der Waals surface area contributed by atoms with Crippen molar-refractivity contribution in [3.63, 3.8) is 0 Å². The lowest BCUT2D eigenvalue weighted by Crippen LogP contribution is -2.33. The summed E-state index contributed by atoms with van der Waals surface area (Å²) < 4.78 is 5.46. The van der Waals surface area contributed by atoms with Crippen molar-refractivity contribution in [1.29, 1.82) is 0 Å². The summed E-state index contributed by atoms with van der Waals surface area (Å²) in [5, 5.41) is 13.4. The number of nitrogens with one attached hydrogen (secondary N) is 2.